The van der Waals surface area contributed by atoms with E-state index in [1.54, 1.807) is 0 Å². The van der Waals surface area contributed by atoms with E-state index in [1.807, 2.05) is 31.2 Å². The Hall–Kier alpha value is -2.77. The minimum atomic E-state index is -2.77. The van der Waals surface area contributed by atoms with Crippen molar-refractivity contribution in [1.29, 1.82) is 0 Å². The predicted octanol–water partition coefficient (Wildman–Crippen LogP) is 3.12. The number of hydrogen-bond donors (Lipinski definition) is 1. The Morgan fingerprint density at radius 1 is 1.38 bits per heavy atom. The number of hydrogen-bond acceptors (Lipinski definition) is 4. The maximum Gasteiger partial charge on any atom is 0.284 e. The average Bonchev–Trinajstić information content (AvgIpc) is 3.15. The summed E-state index contributed by atoms with van der Waals surface area (Å²) >= 11 is 0. The number of oxime groups is 1. The second kappa shape index (κ2) is 6.38. The van der Waals surface area contributed by atoms with Gasteiger partial charge in [-0.15, -0.1) is 0 Å². The maximum atomic E-state index is 12.9. The van der Waals surface area contributed by atoms with Crippen LogP contribution in [0.2, 0.25) is 0 Å². The van der Waals surface area contributed by atoms with E-state index in [9.17, 15) is 13.6 Å². The van der Waals surface area contributed by atoms with Crippen LogP contribution in [0.4, 0.5) is 14.5 Å². The molecule has 2 heterocycles. The third kappa shape index (κ3) is 3.27. The summed E-state index contributed by atoms with van der Waals surface area (Å²) < 4.78 is 27.0. The molecule has 1 N–H and O–H groups in total. The van der Waals surface area contributed by atoms with E-state index in [0.717, 1.165) is 11.1 Å². The van der Waals surface area contributed by atoms with Crippen molar-refractivity contribution in [3.8, 4) is 0 Å². The van der Waals surface area contributed by atoms with Gasteiger partial charge in [-0.3, -0.25) is 9.48 Å². The van der Waals surface area contributed by atoms with E-state index in [-0.39, 0.29) is 23.9 Å². The number of anilines is 1. The molecule has 0 aliphatic carbocycles. The fourth-order valence-corrected chi connectivity index (χ4v) is 2.43. The van der Waals surface area contributed by atoms with Crippen LogP contribution in [0, 0.1) is 6.92 Å². The molecule has 24 heavy (non-hydrogen) atoms. The first-order chi connectivity index (χ1) is 11.4. The monoisotopic (exact) mass is 334 g/mol. The van der Waals surface area contributed by atoms with Crippen LogP contribution in [0.1, 0.15) is 35.8 Å². The molecular formula is C16H16F2N4O2. The normalized spacial score (nSPS) is 16.9. The lowest BCUT2D eigenvalue weighted by Crippen LogP contribution is -2.22. The highest BCUT2D eigenvalue weighted by atomic mass is 19.3. The molecule has 1 aromatic carbocycles. The molecule has 8 heteroatoms. The first-order valence-corrected chi connectivity index (χ1v) is 7.36. The van der Waals surface area contributed by atoms with Gasteiger partial charge in [-0.1, -0.05) is 35.0 Å². The Kier molecular flexibility index (Phi) is 4.28. The number of aromatic nitrogens is 2. The van der Waals surface area contributed by atoms with Crippen LogP contribution in [-0.4, -0.2) is 21.4 Å². The molecule has 0 saturated heterocycles. The Morgan fingerprint density at radius 3 is 2.75 bits per heavy atom. The van der Waals surface area contributed by atoms with Crippen molar-refractivity contribution in [2.75, 3.05) is 5.32 Å². The fraction of sp³-hybridized carbons (Fsp3) is 0.312. The summed E-state index contributed by atoms with van der Waals surface area (Å²) in [6, 6.07) is 7.71. The first-order valence-electron chi connectivity index (χ1n) is 7.36. The van der Waals surface area contributed by atoms with Gasteiger partial charge >= 0.3 is 0 Å². The Balaban J connectivity index is 1.68. The molecule has 1 aromatic heterocycles. The molecule has 1 amide bonds. The van der Waals surface area contributed by atoms with Gasteiger partial charge in [0.05, 0.1) is 5.69 Å². The smallest absolute Gasteiger partial charge is 0.284 e. The van der Waals surface area contributed by atoms with E-state index in [0.29, 0.717) is 0 Å². The second-order valence-corrected chi connectivity index (χ2v) is 5.60. The molecule has 1 unspecified atom stereocenters. The van der Waals surface area contributed by atoms with Crippen molar-refractivity contribution < 1.29 is 18.4 Å². The number of alkyl halides is 2. The number of aryl methyl sites for hydroxylation is 2. The SMILES string of the molecule is Cc1ccc(C2CC(C(=O)Nc3cn(C)nc3C(F)F)=NO2)cc1. The molecule has 126 valence electrons. The second-order valence-electron chi connectivity index (χ2n) is 5.60. The zero-order valence-electron chi connectivity index (χ0n) is 13.2. The summed E-state index contributed by atoms with van der Waals surface area (Å²) in [5, 5.41) is 9.85. The van der Waals surface area contributed by atoms with Gasteiger partial charge in [0.2, 0.25) is 0 Å². The van der Waals surface area contributed by atoms with Crippen molar-refractivity contribution in [3.63, 3.8) is 0 Å². The van der Waals surface area contributed by atoms with Crippen molar-refractivity contribution in [3.05, 3.63) is 47.3 Å². The average molecular weight is 334 g/mol. The summed E-state index contributed by atoms with van der Waals surface area (Å²) in [5.74, 6) is -0.570. The summed E-state index contributed by atoms with van der Waals surface area (Å²) in [6.07, 6.45) is -1.52. The number of nitrogens with zero attached hydrogens (tertiary/aromatic N) is 3. The number of benzene rings is 1. The van der Waals surface area contributed by atoms with Gasteiger partial charge in [-0.05, 0) is 12.5 Å². The molecule has 1 aliphatic rings. The molecule has 2 aromatic rings. The molecule has 1 aliphatic heterocycles. The standard InChI is InChI=1S/C16H16F2N4O2/c1-9-3-5-10(6-4-9)13-7-11(21-24-13)16(23)19-12-8-22(2)20-14(12)15(17)18/h3-6,8,13,15H,7H2,1-2H3,(H,19,23). The van der Waals surface area contributed by atoms with Crippen LogP contribution in [0.3, 0.4) is 0 Å². The lowest BCUT2D eigenvalue weighted by molar-refractivity contribution is -0.110. The van der Waals surface area contributed by atoms with E-state index in [2.05, 4.69) is 15.6 Å². The van der Waals surface area contributed by atoms with Gasteiger partial charge < -0.3 is 10.2 Å². The van der Waals surface area contributed by atoms with Crippen LogP contribution in [0.25, 0.3) is 0 Å². The Bertz CT molecular complexity index is 784. The Labute approximate surface area is 137 Å². The lowest BCUT2D eigenvalue weighted by Gasteiger charge is -2.08. The van der Waals surface area contributed by atoms with Gasteiger partial charge in [0, 0.05) is 19.7 Å². The molecule has 0 radical (unpaired) electrons. The molecule has 0 fully saturated rings. The quantitative estimate of drug-likeness (QED) is 0.934. The number of nitrogens with one attached hydrogen (secondary N) is 1. The molecule has 0 bridgehead atoms. The van der Waals surface area contributed by atoms with Crippen LogP contribution in [0.15, 0.2) is 35.6 Å². The van der Waals surface area contributed by atoms with Crippen molar-refractivity contribution in [2.45, 2.75) is 25.9 Å². The summed E-state index contributed by atoms with van der Waals surface area (Å²) in [4.78, 5) is 17.5. The highest BCUT2D eigenvalue weighted by molar-refractivity contribution is 6.43. The molecule has 6 nitrogen and oxygen atoms in total. The number of rotatable bonds is 4. The molecule has 3 rings (SSSR count). The highest BCUT2D eigenvalue weighted by Crippen LogP contribution is 2.29. The van der Waals surface area contributed by atoms with Crippen molar-refractivity contribution in [1.82, 2.24) is 9.78 Å². The minimum absolute atomic E-state index is 0.0287. The Morgan fingerprint density at radius 2 is 2.08 bits per heavy atom. The molecule has 0 saturated carbocycles. The van der Waals surface area contributed by atoms with Gasteiger partial charge in [0.1, 0.15) is 5.71 Å². The van der Waals surface area contributed by atoms with Crippen molar-refractivity contribution >= 4 is 17.3 Å². The van der Waals surface area contributed by atoms with Gasteiger partial charge in [-0.25, -0.2) is 8.78 Å². The third-order valence-electron chi connectivity index (χ3n) is 3.69. The van der Waals surface area contributed by atoms with E-state index >= 15 is 0 Å². The van der Waals surface area contributed by atoms with E-state index < -0.39 is 18.0 Å². The summed E-state index contributed by atoms with van der Waals surface area (Å²) in [6.45, 7) is 1.98. The third-order valence-corrected chi connectivity index (χ3v) is 3.69. The number of amides is 1. The maximum absolute atomic E-state index is 12.9. The van der Waals surface area contributed by atoms with Crippen LogP contribution >= 0.6 is 0 Å². The van der Waals surface area contributed by atoms with Gasteiger partial charge in [-0.2, -0.15) is 5.10 Å². The van der Waals surface area contributed by atoms with Gasteiger partial charge in [0.25, 0.3) is 12.3 Å². The predicted molar refractivity (Wildman–Crippen MR) is 83.9 cm³/mol. The van der Waals surface area contributed by atoms with E-state index in [1.165, 1.54) is 17.9 Å². The number of carbonyl (C=O) groups excluding carboxylic acids is 1. The summed E-state index contributed by atoms with van der Waals surface area (Å²) in [5.41, 5.74) is 1.68. The minimum Gasteiger partial charge on any atom is -0.387 e. The van der Waals surface area contributed by atoms with Crippen LogP contribution < -0.4 is 5.32 Å². The molecule has 0 spiro atoms. The zero-order valence-corrected chi connectivity index (χ0v) is 13.2. The topological polar surface area (TPSA) is 68.5 Å². The first kappa shape index (κ1) is 16.1. The lowest BCUT2D eigenvalue weighted by atomic mass is 10.0. The molecule has 1 atom stereocenters. The van der Waals surface area contributed by atoms with Crippen LogP contribution in [-0.2, 0) is 16.7 Å². The fourth-order valence-electron chi connectivity index (χ4n) is 2.43. The summed E-state index contributed by atoms with van der Waals surface area (Å²) in [7, 11) is 1.51. The number of halogens is 2. The highest BCUT2D eigenvalue weighted by Gasteiger charge is 2.29. The van der Waals surface area contributed by atoms with E-state index in [4.69, 9.17) is 4.84 Å². The van der Waals surface area contributed by atoms with Crippen LogP contribution in [0.5, 0.6) is 0 Å². The largest absolute Gasteiger partial charge is 0.387 e. The van der Waals surface area contributed by atoms with Gasteiger partial charge in [0.15, 0.2) is 11.8 Å². The number of carbonyl (C=O) groups is 1. The molecular weight excluding hydrogens is 318 g/mol. The van der Waals surface area contributed by atoms with Crippen molar-refractivity contribution in [2.24, 2.45) is 12.2 Å². The zero-order chi connectivity index (χ0) is 17.3.